The Kier molecular flexibility index (Phi) is 20.6. The third-order valence-corrected chi connectivity index (χ3v) is 22.1. The van der Waals surface area contributed by atoms with Crippen LogP contribution in [0, 0.1) is 52.3 Å². The SMILES string of the molecule is CO[C@]1(CC[C@@H](C)CO[C@@H]2O[C@H](CO)[C@@H](O)[C@H](O)[C@H]2O)O[C@H]2C[C@H]3[C@@H]4CC[C@H]5C[C@@H](O[C@@H]6O[C@H](CO)[C@H](O[C@@H]7O[C@H](CO)[C@@H](O)[C@H](O[C@@H]8OC[C@@H](O)[C@H](O)[C@H]8O)[C@H]7O)[C@H](O)[C@H]6O[C@@H]6O[C@@H](C)[C@H](O)[C@@H](O)[C@H]6O)CC[C@]5(C)[C@H]4CC[C@]3(C)[C@H]2[C@@H]1C. The molecule has 27 heteroatoms. The van der Waals surface area contributed by atoms with E-state index in [-0.39, 0.29) is 47.2 Å². The summed E-state index contributed by atoms with van der Waals surface area (Å²) in [4.78, 5) is 0. The molecule has 84 heavy (non-hydrogen) atoms. The van der Waals surface area contributed by atoms with E-state index >= 15 is 0 Å². The van der Waals surface area contributed by atoms with E-state index in [4.69, 9.17) is 56.8 Å². The highest BCUT2D eigenvalue weighted by Crippen LogP contribution is 2.71. The Bertz CT molecular complexity index is 2140. The zero-order chi connectivity index (χ0) is 60.6. The van der Waals surface area contributed by atoms with Crippen molar-refractivity contribution >= 4 is 0 Å². The standard InChI is InChI=1S/C57H96O27/c1-22(20-74-50-43(69)41(67)38(64)32(17-58)78-50)9-14-57(73-6)23(2)35-31(84-57)16-29-27-8-7-25-15-26(10-12-55(25,4)28(27)11-13-56(29,35)5)77-54-49(83-52-44(70)40(66)36(62)24(3)76-52)45(71)47(34(19-60)80-54)81-53-46(72)48(39(65)33(18-59)79-53)82-51-42(68)37(63)30(61)21-75-51/h22-54,58-72H,7-21H2,1-6H3/t22-,23+,24+,25+,26+,27-,28+,29+,30-,31+,32-,33-,34-,35+,36+,37+,38-,39-,40-,41+,42-,43-,44-,45+,46-,47+,48+,49-,50-,51+,52+,53+,54-,55+,56+,57-/m1/s1. The summed E-state index contributed by atoms with van der Waals surface area (Å²) in [5, 5.41) is 160. The minimum Gasteiger partial charge on any atom is -0.394 e. The maximum absolute atomic E-state index is 12.4. The van der Waals surface area contributed by atoms with Crippen LogP contribution in [0.3, 0.4) is 0 Å². The monoisotopic (exact) mass is 1210 g/mol. The fourth-order valence-corrected chi connectivity index (χ4v) is 17.1. The van der Waals surface area contributed by atoms with Gasteiger partial charge in [0.05, 0.1) is 51.3 Å². The predicted molar refractivity (Wildman–Crippen MR) is 282 cm³/mol. The highest BCUT2D eigenvalue weighted by atomic mass is 16.8. The van der Waals surface area contributed by atoms with Crippen molar-refractivity contribution in [2.45, 2.75) is 264 Å². The minimum absolute atomic E-state index is 0.00905. The van der Waals surface area contributed by atoms with E-state index in [2.05, 4.69) is 20.8 Å². The number of ether oxygens (including phenoxy) is 12. The smallest absolute Gasteiger partial charge is 0.187 e. The molecule has 4 saturated carbocycles. The molecular formula is C57H96O27. The number of hydrogen-bond donors (Lipinski definition) is 15. The van der Waals surface area contributed by atoms with Gasteiger partial charge in [0.1, 0.15) is 110 Å². The van der Waals surface area contributed by atoms with Gasteiger partial charge in [-0.1, -0.05) is 27.7 Å². The van der Waals surface area contributed by atoms with E-state index in [1.807, 2.05) is 6.92 Å². The summed E-state index contributed by atoms with van der Waals surface area (Å²) < 4.78 is 73.2. The molecule has 6 heterocycles. The fraction of sp³-hybridized carbons (Fsp3) is 1.00. The maximum atomic E-state index is 12.4. The molecule has 6 saturated heterocycles. The average Bonchev–Trinajstić information content (AvgIpc) is 1.56. The molecule has 0 amide bonds. The Morgan fingerprint density at radius 1 is 0.536 bits per heavy atom. The van der Waals surface area contributed by atoms with E-state index in [0.29, 0.717) is 43.4 Å². The largest absolute Gasteiger partial charge is 0.394 e. The molecule has 36 atom stereocenters. The topological polar surface area (TPSA) is 414 Å². The molecule has 0 aromatic carbocycles. The van der Waals surface area contributed by atoms with Crippen LogP contribution in [-0.2, 0) is 56.8 Å². The van der Waals surface area contributed by atoms with Crippen molar-refractivity contribution in [1.29, 1.82) is 0 Å². The molecule has 10 rings (SSSR count). The lowest BCUT2D eigenvalue weighted by Gasteiger charge is -2.61. The molecule has 27 nitrogen and oxygen atoms in total. The van der Waals surface area contributed by atoms with Crippen molar-refractivity contribution in [2.24, 2.45) is 52.3 Å². The lowest BCUT2D eigenvalue weighted by molar-refractivity contribution is -0.395. The van der Waals surface area contributed by atoms with Crippen molar-refractivity contribution in [3.05, 3.63) is 0 Å². The molecule has 0 bridgehead atoms. The second-order valence-corrected chi connectivity index (χ2v) is 26.8. The van der Waals surface area contributed by atoms with Gasteiger partial charge in [0.15, 0.2) is 37.2 Å². The number of methoxy groups -OCH3 is 1. The fourth-order valence-electron chi connectivity index (χ4n) is 17.1. The molecular weight excluding hydrogens is 1120 g/mol. The Morgan fingerprint density at radius 3 is 1.85 bits per heavy atom. The molecule has 6 aliphatic heterocycles. The van der Waals surface area contributed by atoms with E-state index in [1.165, 1.54) is 6.92 Å². The molecule has 486 valence electrons. The van der Waals surface area contributed by atoms with Crippen LogP contribution < -0.4 is 0 Å². The number of rotatable bonds is 18. The van der Waals surface area contributed by atoms with Crippen molar-refractivity contribution in [3.63, 3.8) is 0 Å². The van der Waals surface area contributed by atoms with Gasteiger partial charge >= 0.3 is 0 Å². The maximum Gasteiger partial charge on any atom is 0.187 e. The van der Waals surface area contributed by atoms with Gasteiger partial charge in [-0.25, -0.2) is 0 Å². The lowest BCUT2D eigenvalue weighted by Crippen LogP contribution is -2.67. The molecule has 0 spiro atoms. The molecule has 10 aliphatic rings. The van der Waals surface area contributed by atoms with Gasteiger partial charge in [-0.15, -0.1) is 0 Å². The van der Waals surface area contributed by atoms with Gasteiger partial charge in [-0.3, -0.25) is 0 Å². The Hall–Kier alpha value is -1.08. The molecule has 10 fully saturated rings. The van der Waals surface area contributed by atoms with Gasteiger partial charge in [-0.2, -0.15) is 0 Å². The van der Waals surface area contributed by atoms with Crippen LogP contribution >= 0.6 is 0 Å². The Labute approximate surface area is 488 Å². The van der Waals surface area contributed by atoms with Crippen molar-refractivity contribution in [2.75, 3.05) is 40.1 Å². The summed E-state index contributed by atoms with van der Waals surface area (Å²) in [6.07, 6.45) is -30.0. The highest BCUT2D eigenvalue weighted by Gasteiger charge is 2.69. The molecule has 0 radical (unpaired) electrons. The third-order valence-electron chi connectivity index (χ3n) is 22.1. The summed E-state index contributed by atoms with van der Waals surface area (Å²) in [5.74, 6) is 1.11. The second-order valence-electron chi connectivity index (χ2n) is 26.8. The first-order chi connectivity index (χ1) is 39.8. The first-order valence-corrected chi connectivity index (χ1v) is 30.5. The van der Waals surface area contributed by atoms with Gasteiger partial charge in [0, 0.05) is 19.4 Å². The zero-order valence-corrected chi connectivity index (χ0v) is 48.8. The normalized spacial score (nSPS) is 55.4. The molecule has 4 aliphatic carbocycles. The number of aliphatic hydroxyl groups excluding tert-OH is 15. The van der Waals surface area contributed by atoms with Crippen LogP contribution in [0.15, 0.2) is 0 Å². The number of hydrogen-bond acceptors (Lipinski definition) is 27. The first kappa shape index (κ1) is 65.9. The number of aliphatic hydroxyl groups is 15. The first-order valence-electron chi connectivity index (χ1n) is 30.5. The van der Waals surface area contributed by atoms with Crippen molar-refractivity contribution < 1.29 is 133 Å². The minimum atomic E-state index is -1.95. The molecule has 15 N–H and O–H groups in total. The zero-order valence-electron chi connectivity index (χ0n) is 48.8. The average molecular weight is 1210 g/mol. The summed E-state index contributed by atoms with van der Waals surface area (Å²) in [6.45, 7) is 8.17. The summed E-state index contributed by atoms with van der Waals surface area (Å²) in [6, 6.07) is 0. The summed E-state index contributed by atoms with van der Waals surface area (Å²) in [5.41, 5.74) is -0.0270. The van der Waals surface area contributed by atoms with Gasteiger partial charge in [0.25, 0.3) is 0 Å². The quantitative estimate of drug-likeness (QED) is 0.0585. The van der Waals surface area contributed by atoms with Crippen LogP contribution in [0.2, 0.25) is 0 Å². The van der Waals surface area contributed by atoms with Gasteiger partial charge < -0.3 is 133 Å². The summed E-state index contributed by atoms with van der Waals surface area (Å²) in [7, 11) is 1.71. The van der Waals surface area contributed by atoms with Gasteiger partial charge in [-0.05, 0) is 111 Å². The van der Waals surface area contributed by atoms with E-state index in [0.717, 1.165) is 38.5 Å². The van der Waals surface area contributed by atoms with Crippen LogP contribution in [0.5, 0.6) is 0 Å². The van der Waals surface area contributed by atoms with E-state index in [1.54, 1.807) is 7.11 Å². The van der Waals surface area contributed by atoms with Crippen molar-refractivity contribution in [1.82, 2.24) is 0 Å². The van der Waals surface area contributed by atoms with Gasteiger partial charge in [0.2, 0.25) is 0 Å². The van der Waals surface area contributed by atoms with Crippen LogP contribution in [-0.4, -0.2) is 282 Å². The highest BCUT2D eigenvalue weighted by molar-refractivity contribution is 5.15. The van der Waals surface area contributed by atoms with E-state index < -0.39 is 186 Å². The third kappa shape index (κ3) is 12.0. The predicted octanol–water partition coefficient (Wildman–Crippen LogP) is -3.81. The van der Waals surface area contributed by atoms with Crippen LogP contribution in [0.4, 0.5) is 0 Å². The number of fused-ring (bicyclic) bond motifs is 7. The molecule has 0 aromatic heterocycles. The Morgan fingerprint density at radius 2 is 1.14 bits per heavy atom. The second kappa shape index (κ2) is 26.3. The van der Waals surface area contributed by atoms with Crippen molar-refractivity contribution in [3.8, 4) is 0 Å². The van der Waals surface area contributed by atoms with E-state index in [9.17, 15) is 76.6 Å². The molecule has 0 aromatic rings. The summed E-state index contributed by atoms with van der Waals surface area (Å²) >= 11 is 0. The Balaban J connectivity index is 0.792. The van der Waals surface area contributed by atoms with Crippen LogP contribution in [0.25, 0.3) is 0 Å². The lowest BCUT2D eigenvalue weighted by atomic mass is 9.44. The van der Waals surface area contributed by atoms with Crippen LogP contribution in [0.1, 0.15) is 98.8 Å². The molecule has 0 unspecified atom stereocenters.